The minimum Gasteiger partial charge on any atom is -0.294 e. The first kappa shape index (κ1) is 9.32. The van der Waals surface area contributed by atoms with Crippen molar-refractivity contribution in [1.82, 2.24) is 0 Å². The van der Waals surface area contributed by atoms with Crippen molar-refractivity contribution < 1.29 is 4.79 Å². The lowest BCUT2D eigenvalue weighted by atomic mass is 10.0. The van der Waals surface area contributed by atoms with Crippen LogP contribution in [0.15, 0.2) is 36.0 Å². The van der Waals surface area contributed by atoms with Crippen LogP contribution in [0.3, 0.4) is 0 Å². The van der Waals surface area contributed by atoms with E-state index in [0.717, 1.165) is 0 Å². The van der Waals surface area contributed by atoms with Gasteiger partial charge in [0.25, 0.3) is 0 Å². The highest BCUT2D eigenvalue weighted by atomic mass is 16.1. The molecular weight excluding hydrogens is 164 g/mol. The summed E-state index contributed by atoms with van der Waals surface area (Å²) in [6.07, 6.45) is 0. The Hall–Kier alpha value is -1.77. The molecule has 0 atom stereocenters. The first-order valence-electron chi connectivity index (χ1n) is 3.83. The molecule has 0 aliphatic heterocycles. The first-order valence-corrected chi connectivity index (χ1v) is 3.83. The third kappa shape index (κ3) is 1.87. The Morgan fingerprint density at radius 2 is 1.92 bits per heavy atom. The lowest BCUT2D eigenvalue weighted by Gasteiger charge is -2.03. The predicted octanol–water partition coefficient (Wildman–Crippen LogP) is 2.89. The van der Waals surface area contributed by atoms with Crippen LogP contribution in [-0.4, -0.2) is 5.78 Å². The van der Waals surface area contributed by atoms with Crippen molar-refractivity contribution in [2.45, 2.75) is 6.92 Å². The Bertz CT molecular complexity index is 369. The maximum atomic E-state index is 11.1. The van der Waals surface area contributed by atoms with E-state index in [0.29, 0.717) is 16.8 Å². The molecule has 0 amide bonds. The second-order valence-electron chi connectivity index (χ2n) is 2.66. The third-order valence-electron chi connectivity index (χ3n) is 1.75. The van der Waals surface area contributed by atoms with Crippen LogP contribution in [0.5, 0.6) is 0 Å². The maximum Gasteiger partial charge on any atom is 0.160 e. The molecule has 3 nitrogen and oxygen atoms in total. The van der Waals surface area contributed by atoms with E-state index in [1.807, 2.05) is 0 Å². The molecule has 0 aliphatic carbocycles. The number of Topliss-reactive ketones (excluding diaryl/α,β-unsaturated/α-hetero) is 1. The molecule has 0 saturated carbocycles. The summed E-state index contributed by atoms with van der Waals surface area (Å²) in [4.78, 5) is 11.1. The molecule has 0 aromatic heterocycles. The third-order valence-corrected chi connectivity index (χ3v) is 1.75. The molecule has 1 N–H and O–H groups in total. The molecule has 1 aromatic carbocycles. The average molecular weight is 174 g/mol. The van der Waals surface area contributed by atoms with Gasteiger partial charge >= 0.3 is 0 Å². The minimum atomic E-state index is -0.0413. The normalized spacial score (nSPS) is 9.31. The fraction of sp³-hybridized carbons (Fsp3) is 0.100. The van der Waals surface area contributed by atoms with Crippen LogP contribution in [0.4, 0.5) is 0 Å². The SMILES string of the molecule is C=C(N=N)c1ccccc1C(C)=O. The van der Waals surface area contributed by atoms with Crippen molar-refractivity contribution in [1.29, 1.82) is 5.53 Å². The molecule has 0 radical (unpaired) electrons. The molecule has 66 valence electrons. The molecule has 0 fully saturated rings. The Balaban J connectivity index is 3.27. The van der Waals surface area contributed by atoms with Gasteiger partial charge in [-0.25, -0.2) is 5.53 Å². The highest BCUT2D eigenvalue weighted by Crippen LogP contribution is 2.18. The second kappa shape index (κ2) is 3.76. The van der Waals surface area contributed by atoms with Crippen molar-refractivity contribution >= 4 is 11.5 Å². The van der Waals surface area contributed by atoms with E-state index in [2.05, 4.69) is 11.7 Å². The largest absolute Gasteiger partial charge is 0.294 e. The summed E-state index contributed by atoms with van der Waals surface area (Å²) in [5.41, 5.74) is 8.30. The zero-order valence-electron chi connectivity index (χ0n) is 7.37. The monoisotopic (exact) mass is 174 g/mol. The quantitative estimate of drug-likeness (QED) is 0.556. The van der Waals surface area contributed by atoms with Gasteiger partial charge in [0.15, 0.2) is 5.78 Å². The molecule has 0 unspecified atom stereocenters. The van der Waals surface area contributed by atoms with E-state index in [1.54, 1.807) is 24.3 Å². The molecule has 0 saturated heterocycles. The summed E-state index contributed by atoms with van der Waals surface area (Å²) in [7, 11) is 0. The highest BCUT2D eigenvalue weighted by Gasteiger charge is 2.07. The van der Waals surface area contributed by atoms with E-state index in [4.69, 9.17) is 5.53 Å². The Morgan fingerprint density at radius 1 is 1.38 bits per heavy atom. The Morgan fingerprint density at radius 3 is 2.38 bits per heavy atom. The predicted molar refractivity (Wildman–Crippen MR) is 50.6 cm³/mol. The van der Waals surface area contributed by atoms with Crippen LogP contribution in [0.1, 0.15) is 22.8 Å². The zero-order chi connectivity index (χ0) is 9.84. The standard InChI is InChI=1S/C10H10N2O/c1-7(12-11)9-5-3-4-6-10(9)8(2)13/h3-6,11H,1H2,2H3. The molecule has 0 spiro atoms. The molecule has 13 heavy (non-hydrogen) atoms. The van der Waals surface area contributed by atoms with Crippen LogP contribution in [0.25, 0.3) is 5.70 Å². The van der Waals surface area contributed by atoms with Crippen molar-refractivity contribution in [3.05, 3.63) is 42.0 Å². The van der Waals surface area contributed by atoms with E-state index < -0.39 is 0 Å². The smallest absolute Gasteiger partial charge is 0.160 e. The second-order valence-corrected chi connectivity index (χ2v) is 2.66. The van der Waals surface area contributed by atoms with Gasteiger partial charge in [-0.2, -0.15) is 5.11 Å². The number of hydrogen-bond donors (Lipinski definition) is 1. The van der Waals surface area contributed by atoms with E-state index in [9.17, 15) is 4.79 Å². The number of carbonyl (C=O) groups is 1. The topological polar surface area (TPSA) is 53.3 Å². The van der Waals surface area contributed by atoms with Crippen molar-refractivity contribution in [3.63, 3.8) is 0 Å². The molecule has 0 bridgehead atoms. The molecular formula is C10H10N2O. The fourth-order valence-electron chi connectivity index (χ4n) is 1.10. The lowest BCUT2D eigenvalue weighted by molar-refractivity contribution is 0.101. The van der Waals surface area contributed by atoms with Crippen LogP contribution in [-0.2, 0) is 0 Å². The summed E-state index contributed by atoms with van der Waals surface area (Å²) in [5.74, 6) is -0.0413. The van der Waals surface area contributed by atoms with E-state index in [-0.39, 0.29) is 5.78 Å². The Kier molecular flexibility index (Phi) is 2.69. The van der Waals surface area contributed by atoms with Gasteiger partial charge in [0.1, 0.15) is 0 Å². The van der Waals surface area contributed by atoms with E-state index in [1.165, 1.54) is 6.92 Å². The van der Waals surface area contributed by atoms with Gasteiger partial charge in [-0.15, -0.1) is 0 Å². The van der Waals surface area contributed by atoms with Gasteiger partial charge in [0.2, 0.25) is 0 Å². The number of nitrogens with zero attached hydrogens (tertiary/aromatic N) is 1. The van der Waals surface area contributed by atoms with Crippen molar-refractivity contribution in [3.8, 4) is 0 Å². The number of ketones is 1. The molecule has 1 rings (SSSR count). The number of hydrogen-bond acceptors (Lipinski definition) is 3. The van der Waals surface area contributed by atoms with Gasteiger partial charge in [0.05, 0.1) is 5.70 Å². The molecule has 0 heterocycles. The van der Waals surface area contributed by atoms with Gasteiger partial charge in [0, 0.05) is 11.1 Å². The summed E-state index contributed by atoms with van der Waals surface area (Å²) in [6, 6.07) is 7.00. The number of nitrogens with one attached hydrogen (secondary N) is 1. The fourth-order valence-corrected chi connectivity index (χ4v) is 1.10. The van der Waals surface area contributed by atoms with Crippen molar-refractivity contribution in [2.75, 3.05) is 0 Å². The van der Waals surface area contributed by atoms with Gasteiger partial charge in [-0.3, -0.25) is 4.79 Å². The summed E-state index contributed by atoms with van der Waals surface area (Å²) < 4.78 is 0. The summed E-state index contributed by atoms with van der Waals surface area (Å²) in [5, 5.41) is 3.21. The summed E-state index contributed by atoms with van der Waals surface area (Å²) >= 11 is 0. The first-order chi connectivity index (χ1) is 6.16. The van der Waals surface area contributed by atoms with Crippen LogP contribution >= 0.6 is 0 Å². The molecule has 0 aliphatic rings. The van der Waals surface area contributed by atoms with Gasteiger partial charge in [-0.05, 0) is 6.92 Å². The average Bonchev–Trinajstić information content (AvgIpc) is 2.16. The number of carbonyl (C=O) groups excluding carboxylic acids is 1. The number of benzene rings is 1. The summed E-state index contributed by atoms with van der Waals surface area (Å²) in [6.45, 7) is 5.06. The van der Waals surface area contributed by atoms with Crippen LogP contribution in [0, 0.1) is 5.53 Å². The van der Waals surface area contributed by atoms with Crippen LogP contribution < -0.4 is 0 Å². The highest BCUT2D eigenvalue weighted by molar-refractivity contribution is 5.98. The van der Waals surface area contributed by atoms with Crippen LogP contribution in [0.2, 0.25) is 0 Å². The van der Waals surface area contributed by atoms with E-state index >= 15 is 0 Å². The lowest BCUT2D eigenvalue weighted by Crippen LogP contribution is -1.96. The number of rotatable bonds is 3. The van der Waals surface area contributed by atoms with Crippen molar-refractivity contribution in [2.24, 2.45) is 5.11 Å². The van der Waals surface area contributed by atoms with Gasteiger partial charge in [-0.1, -0.05) is 30.8 Å². The minimum absolute atomic E-state index is 0.0413. The maximum absolute atomic E-state index is 11.1. The van der Waals surface area contributed by atoms with Gasteiger partial charge < -0.3 is 0 Å². The molecule has 3 heteroatoms. The zero-order valence-corrected chi connectivity index (χ0v) is 7.37. The molecule has 1 aromatic rings. The Labute approximate surface area is 76.6 Å².